The van der Waals surface area contributed by atoms with E-state index in [1.807, 2.05) is 5.32 Å². The van der Waals surface area contributed by atoms with Gasteiger partial charge in [-0.3, -0.25) is 10.1 Å². The van der Waals surface area contributed by atoms with Gasteiger partial charge in [-0.25, -0.2) is 14.0 Å². The maximum absolute atomic E-state index is 13.4. The maximum Gasteiger partial charge on any atom is 0.338 e. The number of para-hydroxylation sites is 1. The summed E-state index contributed by atoms with van der Waals surface area (Å²) < 4.78 is 28.4. The number of rotatable bonds is 6. The Morgan fingerprint density at radius 3 is 2.37 bits per heavy atom. The van der Waals surface area contributed by atoms with E-state index in [-0.39, 0.29) is 11.3 Å². The average Bonchev–Trinajstić information content (AvgIpc) is 2.67. The fourth-order valence-corrected chi connectivity index (χ4v) is 2.06. The summed E-state index contributed by atoms with van der Waals surface area (Å²) in [4.78, 5) is 35.4. The van der Waals surface area contributed by atoms with Crippen molar-refractivity contribution in [2.24, 2.45) is 0 Å². The Kier molecular flexibility index (Phi) is 6.70. The van der Waals surface area contributed by atoms with Crippen molar-refractivity contribution in [3.63, 3.8) is 0 Å². The SMILES string of the molecule is COc1ccc(C(=O)OCC(=O)NC(=O)Nc2ccccc2F)cc1OC. The molecule has 0 fully saturated rings. The maximum atomic E-state index is 13.4. The van der Waals surface area contributed by atoms with E-state index in [2.05, 4.69) is 5.32 Å². The van der Waals surface area contributed by atoms with Gasteiger partial charge in [-0.15, -0.1) is 0 Å². The van der Waals surface area contributed by atoms with E-state index in [1.54, 1.807) is 0 Å². The van der Waals surface area contributed by atoms with Gasteiger partial charge in [0.05, 0.1) is 25.5 Å². The largest absolute Gasteiger partial charge is 0.493 e. The van der Waals surface area contributed by atoms with Gasteiger partial charge in [0.15, 0.2) is 18.1 Å². The van der Waals surface area contributed by atoms with Crippen molar-refractivity contribution in [2.75, 3.05) is 26.1 Å². The van der Waals surface area contributed by atoms with Crippen LogP contribution in [0.4, 0.5) is 14.9 Å². The van der Waals surface area contributed by atoms with Crippen LogP contribution in [0.3, 0.4) is 0 Å². The number of amides is 3. The Morgan fingerprint density at radius 1 is 1.00 bits per heavy atom. The predicted molar refractivity (Wildman–Crippen MR) is 93.4 cm³/mol. The van der Waals surface area contributed by atoms with Crippen LogP contribution in [0.2, 0.25) is 0 Å². The number of benzene rings is 2. The van der Waals surface area contributed by atoms with Crippen molar-refractivity contribution < 1.29 is 33.0 Å². The minimum Gasteiger partial charge on any atom is -0.493 e. The molecule has 3 amide bonds. The number of urea groups is 1. The quantitative estimate of drug-likeness (QED) is 0.750. The van der Waals surface area contributed by atoms with Crippen molar-refractivity contribution >= 4 is 23.6 Å². The van der Waals surface area contributed by atoms with Crippen LogP contribution >= 0.6 is 0 Å². The third-order valence-corrected chi connectivity index (χ3v) is 3.33. The molecule has 0 aliphatic heterocycles. The zero-order valence-electron chi connectivity index (χ0n) is 14.6. The molecule has 0 unspecified atom stereocenters. The molecule has 0 radical (unpaired) electrons. The van der Waals surface area contributed by atoms with E-state index in [0.29, 0.717) is 11.5 Å². The highest BCUT2D eigenvalue weighted by Gasteiger charge is 2.15. The van der Waals surface area contributed by atoms with E-state index < -0.39 is 30.3 Å². The zero-order chi connectivity index (χ0) is 19.8. The molecule has 9 heteroatoms. The highest BCUT2D eigenvalue weighted by molar-refractivity contribution is 6.02. The lowest BCUT2D eigenvalue weighted by atomic mass is 10.2. The molecule has 2 aromatic rings. The van der Waals surface area contributed by atoms with Gasteiger partial charge in [-0.1, -0.05) is 12.1 Å². The second-order valence-corrected chi connectivity index (χ2v) is 5.13. The summed E-state index contributed by atoms with van der Waals surface area (Å²) >= 11 is 0. The molecular weight excluding hydrogens is 359 g/mol. The molecular formula is C18H17FN2O6. The number of carbonyl (C=O) groups is 3. The summed E-state index contributed by atoms with van der Waals surface area (Å²) in [6.45, 7) is -0.697. The molecule has 0 spiro atoms. The van der Waals surface area contributed by atoms with Crippen molar-refractivity contribution in [2.45, 2.75) is 0 Å². The molecule has 0 aliphatic carbocycles. The van der Waals surface area contributed by atoms with Crippen LogP contribution in [0, 0.1) is 5.82 Å². The smallest absolute Gasteiger partial charge is 0.338 e. The molecule has 2 aromatic carbocycles. The molecule has 0 saturated carbocycles. The molecule has 0 bridgehead atoms. The number of anilines is 1. The topological polar surface area (TPSA) is 103 Å². The van der Waals surface area contributed by atoms with Gasteiger partial charge in [0.1, 0.15) is 5.82 Å². The monoisotopic (exact) mass is 376 g/mol. The van der Waals surface area contributed by atoms with Crippen molar-refractivity contribution in [1.82, 2.24) is 5.32 Å². The Balaban J connectivity index is 1.87. The summed E-state index contributed by atoms with van der Waals surface area (Å²) in [6, 6.07) is 8.85. The Morgan fingerprint density at radius 2 is 1.70 bits per heavy atom. The lowest BCUT2D eigenvalue weighted by molar-refractivity contribution is -0.123. The van der Waals surface area contributed by atoms with E-state index in [0.717, 1.165) is 6.07 Å². The fourth-order valence-electron chi connectivity index (χ4n) is 2.06. The van der Waals surface area contributed by atoms with Gasteiger partial charge in [0, 0.05) is 0 Å². The summed E-state index contributed by atoms with van der Waals surface area (Å²) in [5, 5.41) is 4.10. The molecule has 142 valence electrons. The van der Waals surface area contributed by atoms with Gasteiger partial charge >= 0.3 is 12.0 Å². The molecule has 0 saturated heterocycles. The molecule has 0 heterocycles. The van der Waals surface area contributed by atoms with Crippen LogP contribution in [0.1, 0.15) is 10.4 Å². The van der Waals surface area contributed by atoms with Gasteiger partial charge in [-0.2, -0.15) is 0 Å². The third kappa shape index (κ3) is 5.43. The number of hydrogen-bond donors (Lipinski definition) is 2. The second kappa shape index (κ2) is 9.18. The number of carbonyl (C=O) groups excluding carboxylic acids is 3. The zero-order valence-corrected chi connectivity index (χ0v) is 14.6. The van der Waals surface area contributed by atoms with Crippen LogP contribution in [-0.4, -0.2) is 38.7 Å². The van der Waals surface area contributed by atoms with Gasteiger partial charge in [0.2, 0.25) is 0 Å². The number of nitrogens with one attached hydrogen (secondary N) is 2. The first-order chi connectivity index (χ1) is 12.9. The summed E-state index contributed by atoms with van der Waals surface area (Å²) in [5.74, 6) is -1.57. The van der Waals surface area contributed by atoms with Gasteiger partial charge < -0.3 is 19.5 Å². The average molecular weight is 376 g/mol. The second-order valence-electron chi connectivity index (χ2n) is 5.13. The molecule has 27 heavy (non-hydrogen) atoms. The lowest BCUT2D eigenvalue weighted by Gasteiger charge is -2.10. The lowest BCUT2D eigenvalue weighted by Crippen LogP contribution is -2.37. The van der Waals surface area contributed by atoms with Crippen molar-refractivity contribution in [3.8, 4) is 11.5 Å². The molecule has 0 aliphatic rings. The molecule has 2 N–H and O–H groups in total. The minimum absolute atomic E-state index is 0.0925. The highest BCUT2D eigenvalue weighted by Crippen LogP contribution is 2.27. The first-order valence-corrected chi connectivity index (χ1v) is 7.69. The van der Waals surface area contributed by atoms with Crippen LogP contribution < -0.4 is 20.1 Å². The van der Waals surface area contributed by atoms with Gasteiger partial charge in [-0.05, 0) is 30.3 Å². The Hall–Kier alpha value is -3.62. The van der Waals surface area contributed by atoms with Crippen molar-refractivity contribution in [3.05, 3.63) is 53.8 Å². The number of halogens is 1. The van der Waals surface area contributed by atoms with E-state index >= 15 is 0 Å². The highest BCUT2D eigenvalue weighted by atomic mass is 19.1. The molecule has 0 atom stereocenters. The molecule has 2 rings (SSSR count). The van der Waals surface area contributed by atoms with Crippen molar-refractivity contribution in [1.29, 1.82) is 0 Å². The molecule has 8 nitrogen and oxygen atoms in total. The van der Waals surface area contributed by atoms with E-state index in [4.69, 9.17) is 14.2 Å². The third-order valence-electron chi connectivity index (χ3n) is 3.33. The Labute approximate surface area is 154 Å². The number of ether oxygens (including phenoxy) is 3. The fraction of sp³-hybridized carbons (Fsp3) is 0.167. The number of imide groups is 1. The molecule has 0 aromatic heterocycles. The summed E-state index contributed by atoms with van der Waals surface area (Å²) in [5.41, 5.74) is 0.0429. The summed E-state index contributed by atoms with van der Waals surface area (Å²) in [7, 11) is 2.86. The standard InChI is InChI=1S/C18H17FN2O6/c1-25-14-8-7-11(9-15(14)26-2)17(23)27-10-16(22)21-18(24)20-13-6-4-3-5-12(13)19/h3-9H,10H2,1-2H3,(H2,20,21,22,24). The predicted octanol–water partition coefficient (Wildman–Crippen LogP) is 2.35. The minimum atomic E-state index is -0.952. The van der Waals surface area contributed by atoms with Crippen LogP contribution in [0.15, 0.2) is 42.5 Å². The van der Waals surface area contributed by atoms with Crippen LogP contribution in [0.5, 0.6) is 11.5 Å². The number of methoxy groups -OCH3 is 2. The van der Waals surface area contributed by atoms with Crippen LogP contribution in [0.25, 0.3) is 0 Å². The van der Waals surface area contributed by atoms with Gasteiger partial charge in [0.25, 0.3) is 5.91 Å². The first-order valence-electron chi connectivity index (χ1n) is 7.69. The first kappa shape index (κ1) is 19.7. The van der Waals surface area contributed by atoms with E-state index in [1.165, 1.54) is 50.6 Å². The Bertz CT molecular complexity index is 855. The van der Waals surface area contributed by atoms with Crippen LogP contribution in [-0.2, 0) is 9.53 Å². The number of hydrogen-bond acceptors (Lipinski definition) is 6. The number of esters is 1. The summed E-state index contributed by atoms with van der Waals surface area (Å²) in [6.07, 6.45) is 0. The normalized spacial score (nSPS) is 9.89. The van der Waals surface area contributed by atoms with E-state index in [9.17, 15) is 18.8 Å².